The number of halogens is 1. The quantitative estimate of drug-likeness (QED) is 0.659. The molecule has 0 radical (unpaired) electrons. The van der Waals surface area contributed by atoms with Crippen LogP contribution in [-0.4, -0.2) is 28.3 Å². The number of hydrogen-bond donors (Lipinski definition) is 0. The van der Waals surface area contributed by atoms with Crippen LogP contribution in [0.25, 0.3) is 10.9 Å². The molecule has 1 aromatic carbocycles. The molecule has 142 valence electrons. The third-order valence-electron chi connectivity index (χ3n) is 5.94. The number of hydrogen-bond acceptors (Lipinski definition) is 3. The van der Waals surface area contributed by atoms with E-state index in [0.717, 1.165) is 60.4 Å². The highest BCUT2D eigenvalue weighted by Crippen LogP contribution is 2.29. The lowest BCUT2D eigenvalue weighted by molar-refractivity contribution is 0.0104. The number of Topliss-reactive ketones (excluding diaryl/α,β-unsaturated/α-hetero) is 1. The van der Waals surface area contributed by atoms with Crippen molar-refractivity contribution in [1.82, 2.24) is 9.78 Å². The number of ketones is 1. The fraction of sp³-hybridized carbons (Fsp3) is 0.619. The minimum atomic E-state index is 0. The molecule has 26 heavy (non-hydrogen) atoms. The predicted molar refractivity (Wildman–Crippen MR) is 106 cm³/mol. The molecule has 1 aliphatic carbocycles. The Morgan fingerprint density at radius 3 is 2.77 bits per heavy atom. The molecule has 4 nitrogen and oxygen atoms in total. The molecular weight excluding hydrogens is 348 g/mol. The zero-order valence-electron chi connectivity index (χ0n) is 15.6. The third-order valence-corrected chi connectivity index (χ3v) is 5.94. The highest BCUT2D eigenvalue weighted by atomic mass is 35.5. The lowest BCUT2D eigenvalue weighted by Gasteiger charge is -2.24. The molecule has 2 aliphatic rings. The highest BCUT2D eigenvalue weighted by Gasteiger charge is 2.20. The summed E-state index contributed by atoms with van der Waals surface area (Å²) in [5, 5.41) is 5.82. The van der Waals surface area contributed by atoms with E-state index in [9.17, 15) is 4.79 Å². The van der Waals surface area contributed by atoms with E-state index in [1.165, 1.54) is 25.7 Å². The highest BCUT2D eigenvalue weighted by molar-refractivity contribution is 6.01. The molecule has 2 aromatic rings. The van der Waals surface area contributed by atoms with Crippen molar-refractivity contribution in [2.45, 2.75) is 70.9 Å². The van der Waals surface area contributed by atoms with Crippen LogP contribution in [0, 0.1) is 12.8 Å². The Balaban J connectivity index is 0.00000196. The fourth-order valence-corrected chi connectivity index (χ4v) is 4.08. The van der Waals surface area contributed by atoms with E-state index >= 15 is 0 Å². The molecule has 1 aliphatic heterocycles. The van der Waals surface area contributed by atoms with Crippen molar-refractivity contribution in [1.29, 1.82) is 0 Å². The van der Waals surface area contributed by atoms with E-state index < -0.39 is 0 Å². The number of ether oxygens (including phenoxy) is 1. The van der Waals surface area contributed by atoms with E-state index in [0.29, 0.717) is 6.42 Å². The molecule has 2 heterocycles. The van der Waals surface area contributed by atoms with E-state index in [2.05, 4.69) is 17.8 Å². The summed E-state index contributed by atoms with van der Waals surface area (Å²) in [6, 6.07) is 3.96. The van der Waals surface area contributed by atoms with Gasteiger partial charge in [0.2, 0.25) is 0 Å². The third kappa shape index (κ3) is 4.12. The maximum atomic E-state index is 12.7. The number of rotatable bonds is 6. The van der Waals surface area contributed by atoms with Crippen LogP contribution in [0.5, 0.6) is 0 Å². The van der Waals surface area contributed by atoms with E-state index in [1.807, 2.05) is 12.1 Å². The maximum absolute atomic E-state index is 12.7. The molecule has 0 bridgehead atoms. The van der Waals surface area contributed by atoms with Gasteiger partial charge in [-0.1, -0.05) is 6.42 Å². The predicted octanol–water partition coefficient (Wildman–Crippen LogP) is 5.10. The van der Waals surface area contributed by atoms with E-state index in [4.69, 9.17) is 9.84 Å². The smallest absolute Gasteiger partial charge is 0.163 e. The zero-order valence-corrected chi connectivity index (χ0v) is 16.4. The van der Waals surface area contributed by atoms with Crippen molar-refractivity contribution in [3.8, 4) is 0 Å². The largest absolute Gasteiger partial charge is 0.378 e. The van der Waals surface area contributed by atoms with Crippen LogP contribution in [0.3, 0.4) is 0 Å². The minimum Gasteiger partial charge on any atom is -0.378 e. The molecule has 0 amide bonds. The normalized spacial score (nSPS) is 20.6. The van der Waals surface area contributed by atoms with Gasteiger partial charge in [0.05, 0.1) is 11.6 Å². The number of benzene rings is 1. The van der Waals surface area contributed by atoms with E-state index in [-0.39, 0.29) is 24.3 Å². The minimum absolute atomic E-state index is 0. The summed E-state index contributed by atoms with van der Waals surface area (Å²) in [7, 11) is 0. The number of carbonyl (C=O) groups excluding carboxylic acids is 1. The van der Waals surface area contributed by atoms with Gasteiger partial charge in [-0.2, -0.15) is 5.10 Å². The van der Waals surface area contributed by atoms with Crippen molar-refractivity contribution < 1.29 is 9.53 Å². The molecule has 1 saturated carbocycles. The van der Waals surface area contributed by atoms with Gasteiger partial charge >= 0.3 is 0 Å². The standard InChI is InChI=1S/C21H28N2O2.ClH/c1-15-18(21(24)11-8-17-7-2-3-12-25-17)9-10-20-19(15)14-23(22-20)13-16-5-4-6-16;/h9-10,14,16-17H,2-8,11-13H2,1H3;1H. The molecule has 1 aromatic heterocycles. The number of aryl methyl sites for hydroxylation is 1. The second-order valence-corrected chi connectivity index (χ2v) is 7.77. The second-order valence-electron chi connectivity index (χ2n) is 7.77. The first-order valence-corrected chi connectivity index (χ1v) is 9.82. The van der Waals surface area contributed by atoms with Gasteiger partial charge in [0.1, 0.15) is 0 Å². The molecular formula is C21H29ClN2O2. The summed E-state index contributed by atoms with van der Waals surface area (Å²) in [6.07, 6.45) is 11.3. The fourth-order valence-electron chi connectivity index (χ4n) is 4.08. The van der Waals surface area contributed by atoms with Gasteiger partial charge in [0.15, 0.2) is 5.78 Å². The SMILES string of the molecule is Cc1c(C(=O)CCC2CCCCO2)ccc2nn(CC3CCC3)cc12.Cl. The van der Waals surface area contributed by atoms with Crippen LogP contribution in [0.4, 0.5) is 0 Å². The van der Waals surface area contributed by atoms with Crippen LogP contribution >= 0.6 is 12.4 Å². The number of fused-ring (bicyclic) bond motifs is 1. The lowest BCUT2D eigenvalue weighted by atomic mass is 9.85. The topological polar surface area (TPSA) is 44.1 Å². The Labute approximate surface area is 161 Å². The molecule has 0 N–H and O–H groups in total. The van der Waals surface area contributed by atoms with Crippen molar-refractivity contribution in [3.63, 3.8) is 0 Å². The Kier molecular flexibility index (Phi) is 6.36. The summed E-state index contributed by atoms with van der Waals surface area (Å²) in [6.45, 7) is 3.92. The number of aromatic nitrogens is 2. The summed E-state index contributed by atoms with van der Waals surface area (Å²) in [4.78, 5) is 12.7. The number of carbonyl (C=O) groups is 1. The van der Waals surface area contributed by atoms with E-state index in [1.54, 1.807) is 0 Å². The van der Waals surface area contributed by atoms with Crippen LogP contribution < -0.4 is 0 Å². The molecule has 5 heteroatoms. The van der Waals surface area contributed by atoms with Crippen molar-refractivity contribution in [3.05, 3.63) is 29.5 Å². The molecule has 2 fully saturated rings. The molecule has 4 rings (SSSR count). The Morgan fingerprint density at radius 1 is 1.23 bits per heavy atom. The van der Waals surface area contributed by atoms with Crippen LogP contribution in [0.1, 0.15) is 67.3 Å². The Morgan fingerprint density at radius 2 is 2.08 bits per heavy atom. The second kappa shape index (κ2) is 8.53. The first-order chi connectivity index (χ1) is 12.2. The van der Waals surface area contributed by atoms with Crippen LogP contribution in [0.15, 0.2) is 18.3 Å². The van der Waals surface area contributed by atoms with Crippen molar-refractivity contribution in [2.24, 2.45) is 5.92 Å². The maximum Gasteiger partial charge on any atom is 0.163 e. The Hall–Kier alpha value is -1.39. The van der Waals surface area contributed by atoms with Gasteiger partial charge in [-0.15, -0.1) is 12.4 Å². The van der Waals surface area contributed by atoms with Gasteiger partial charge in [-0.3, -0.25) is 9.48 Å². The first kappa shape index (κ1) is 19.4. The van der Waals surface area contributed by atoms with Gasteiger partial charge in [-0.05, 0) is 69.1 Å². The van der Waals surface area contributed by atoms with Crippen LogP contribution in [0.2, 0.25) is 0 Å². The average molecular weight is 377 g/mol. The van der Waals surface area contributed by atoms with Crippen molar-refractivity contribution >= 4 is 29.1 Å². The summed E-state index contributed by atoms with van der Waals surface area (Å²) < 4.78 is 7.83. The molecule has 1 saturated heterocycles. The van der Waals surface area contributed by atoms with Gasteiger partial charge in [0, 0.05) is 36.7 Å². The van der Waals surface area contributed by atoms with Gasteiger partial charge < -0.3 is 4.74 Å². The summed E-state index contributed by atoms with van der Waals surface area (Å²) >= 11 is 0. The monoisotopic (exact) mass is 376 g/mol. The zero-order chi connectivity index (χ0) is 17.2. The lowest BCUT2D eigenvalue weighted by Crippen LogP contribution is -2.20. The number of nitrogens with zero attached hydrogens (tertiary/aromatic N) is 2. The Bertz CT molecular complexity index is 761. The average Bonchev–Trinajstić information content (AvgIpc) is 3.01. The molecule has 1 unspecified atom stereocenters. The van der Waals surface area contributed by atoms with Crippen molar-refractivity contribution in [2.75, 3.05) is 6.61 Å². The van der Waals surface area contributed by atoms with Gasteiger partial charge in [0.25, 0.3) is 0 Å². The molecule has 0 spiro atoms. The summed E-state index contributed by atoms with van der Waals surface area (Å²) in [5.74, 6) is 1.02. The summed E-state index contributed by atoms with van der Waals surface area (Å²) in [5.41, 5.74) is 2.93. The first-order valence-electron chi connectivity index (χ1n) is 9.82. The van der Waals surface area contributed by atoms with Crippen LogP contribution in [-0.2, 0) is 11.3 Å². The van der Waals surface area contributed by atoms with Gasteiger partial charge in [-0.25, -0.2) is 0 Å². The molecule has 1 atom stereocenters.